The number of carbonyl (C=O) groups is 1. The fourth-order valence-corrected chi connectivity index (χ4v) is 12.1. The van der Waals surface area contributed by atoms with E-state index in [2.05, 4.69) is 67.8 Å². The largest absolute Gasteiger partial charge is 0.394 e. The Labute approximate surface area is 543 Å². The predicted octanol–water partition coefficient (Wildman–Crippen LogP) is 15.6. The summed E-state index contributed by atoms with van der Waals surface area (Å²) in [5, 5.41) is 87.4. The van der Waals surface area contributed by atoms with Crippen LogP contribution in [0.4, 0.5) is 0 Å². The van der Waals surface area contributed by atoms with Crippen molar-refractivity contribution in [2.45, 2.75) is 389 Å². The summed E-state index contributed by atoms with van der Waals surface area (Å²) in [4.78, 5) is 13.3. The fourth-order valence-electron chi connectivity index (χ4n) is 12.1. The SMILES string of the molecule is CC/C=C\C/C=C\C/C=C\C/C=C\CCCCCCCCCCCCCCCCCCCCCCCCCCCCC(=O)NC(COC1OC(CO)C(OC2OC(CO)C(O)C(O)C2O)C(O)C1O)C(O)/C=C/CCCCCCCCCCCCCCCC. The molecular weight excluding hydrogens is 1120 g/mol. The van der Waals surface area contributed by atoms with Crippen LogP contribution >= 0.6 is 0 Å². The third kappa shape index (κ3) is 43.3. The van der Waals surface area contributed by atoms with Crippen molar-refractivity contribution in [2.24, 2.45) is 0 Å². The van der Waals surface area contributed by atoms with Crippen LogP contribution < -0.4 is 5.32 Å². The van der Waals surface area contributed by atoms with Gasteiger partial charge in [-0.15, -0.1) is 0 Å². The smallest absolute Gasteiger partial charge is 0.220 e. The van der Waals surface area contributed by atoms with Gasteiger partial charge in [-0.2, -0.15) is 0 Å². The van der Waals surface area contributed by atoms with Gasteiger partial charge in [0.05, 0.1) is 32.0 Å². The fraction of sp³-hybridized carbons (Fsp3) is 0.853. The van der Waals surface area contributed by atoms with Crippen molar-refractivity contribution in [1.82, 2.24) is 5.32 Å². The number of ether oxygens (including phenoxy) is 4. The van der Waals surface area contributed by atoms with Crippen LogP contribution in [0.5, 0.6) is 0 Å². The molecule has 14 nitrogen and oxygen atoms in total. The molecule has 0 bridgehead atoms. The third-order valence-corrected chi connectivity index (χ3v) is 18.0. The topological polar surface area (TPSA) is 228 Å². The Bertz CT molecular complexity index is 1720. The second kappa shape index (κ2) is 59.4. The van der Waals surface area contributed by atoms with E-state index < -0.39 is 86.8 Å². The summed E-state index contributed by atoms with van der Waals surface area (Å²) in [5.41, 5.74) is 0. The monoisotopic (exact) mass is 1260 g/mol. The van der Waals surface area contributed by atoms with E-state index in [1.807, 2.05) is 6.08 Å². The van der Waals surface area contributed by atoms with Crippen molar-refractivity contribution in [3.63, 3.8) is 0 Å². The number of carbonyl (C=O) groups excluding carboxylic acids is 1. The molecule has 89 heavy (non-hydrogen) atoms. The zero-order chi connectivity index (χ0) is 64.5. The number of aliphatic hydroxyl groups excluding tert-OH is 8. The maximum absolute atomic E-state index is 13.3. The Morgan fingerprint density at radius 3 is 1.19 bits per heavy atom. The highest BCUT2D eigenvalue weighted by atomic mass is 16.7. The van der Waals surface area contributed by atoms with Crippen molar-refractivity contribution < 1.29 is 64.6 Å². The number of hydrogen-bond donors (Lipinski definition) is 9. The van der Waals surface area contributed by atoms with Gasteiger partial charge in [-0.25, -0.2) is 0 Å². The number of hydrogen-bond acceptors (Lipinski definition) is 13. The predicted molar refractivity (Wildman–Crippen MR) is 364 cm³/mol. The van der Waals surface area contributed by atoms with Crippen LogP contribution in [0.2, 0.25) is 0 Å². The molecule has 9 N–H and O–H groups in total. The van der Waals surface area contributed by atoms with Crippen LogP contribution in [0, 0.1) is 0 Å². The maximum atomic E-state index is 13.3. The van der Waals surface area contributed by atoms with Gasteiger partial charge in [0.25, 0.3) is 0 Å². The summed E-state index contributed by atoms with van der Waals surface area (Å²) < 4.78 is 22.9. The van der Waals surface area contributed by atoms with Gasteiger partial charge in [0, 0.05) is 6.42 Å². The number of aliphatic hydroxyl groups is 8. The summed E-state index contributed by atoms with van der Waals surface area (Å²) in [6.45, 7) is 2.72. The molecule has 2 rings (SSSR count). The van der Waals surface area contributed by atoms with E-state index in [0.29, 0.717) is 6.42 Å². The molecule has 12 atom stereocenters. The maximum Gasteiger partial charge on any atom is 0.220 e. The second-order valence-electron chi connectivity index (χ2n) is 26.0. The van der Waals surface area contributed by atoms with Gasteiger partial charge in [-0.1, -0.05) is 312 Å². The minimum atomic E-state index is -1.79. The molecule has 14 heteroatoms. The van der Waals surface area contributed by atoms with Crippen molar-refractivity contribution in [2.75, 3.05) is 19.8 Å². The van der Waals surface area contributed by atoms with Crippen LogP contribution in [0.1, 0.15) is 316 Å². The first-order valence-corrected chi connectivity index (χ1v) is 37.0. The zero-order valence-electron chi connectivity index (χ0n) is 56.7. The quantitative estimate of drug-likeness (QED) is 0.0204. The van der Waals surface area contributed by atoms with E-state index in [1.165, 1.54) is 225 Å². The van der Waals surface area contributed by atoms with E-state index >= 15 is 0 Å². The van der Waals surface area contributed by atoms with Crippen LogP contribution in [0.25, 0.3) is 0 Å². The van der Waals surface area contributed by atoms with Crippen LogP contribution in [-0.4, -0.2) is 140 Å². The number of nitrogens with one attached hydrogen (secondary N) is 1. The molecule has 0 saturated carbocycles. The Balaban J connectivity index is 1.56. The van der Waals surface area contributed by atoms with E-state index in [0.717, 1.165) is 64.2 Å². The van der Waals surface area contributed by atoms with Crippen LogP contribution in [0.3, 0.4) is 0 Å². The average molecular weight is 1260 g/mol. The van der Waals surface area contributed by atoms with Gasteiger partial charge < -0.3 is 65.1 Å². The Morgan fingerprint density at radius 2 is 0.775 bits per heavy atom. The molecular formula is C75H137NO13. The lowest BCUT2D eigenvalue weighted by molar-refractivity contribution is -0.359. The summed E-state index contributed by atoms with van der Waals surface area (Å²) in [6, 6.07) is -0.914. The molecule has 2 heterocycles. The molecule has 0 aliphatic carbocycles. The number of allylic oxidation sites excluding steroid dienone is 9. The van der Waals surface area contributed by atoms with Crippen LogP contribution in [-0.2, 0) is 23.7 Å². The Morgan fingerprint density at radius 1 is 0.416 bits per heavy atom. The lowest BCUT2D eigenvalue weighted by Crippen LogP contribution is -2.65. The normalized spacial score (nSPS) is 23.3. The van der Waals surface area contributed by atoms with Crippen molar-refractivity contribution in [3.8, 4) is 0 Å². The lowest BCUT2D eigenvalue weighted by atomic mass is 9.97. The molecule has 0 aromatic carbocycles. The van der Waals surface area contributed by atoms with Crippen molar-refractivity contribution in [1.29, 1.82) is 0 Å². The molecule has 1 amide bonds. The van der Waals surface area contributed by atoms with E-state index in [4.69, 9.17) is 18.9 Å². The number of unbranched alkanes of at least 4 members (excludes halogenated alkanes) is 40. The van der Waals surface area contributed by atoms with Crippen molar-refractivity contribution >= 4 is 5.91 Å². The average Bonchev–Trinajstić information content (AvgIpc) is 2.55. The highest BCUT2D eigenvalue weighted by molar-refractivity contribution is 5.76. The molecule has 2 aliphatic heterocycles. The van der Waals surface area contributed by atoms with Crippen LogP contribution in [0.15, 0.2) is 60.8 Å². The summed E-state index contributed by atoms with van der Waals surface area (Å²) in [5.74, 6) is -0.234. The van der Waals surface area contributed by atoms with Gasteiger partial charge in [0.2, 0.25) is 5.91 Å². The summed E-state index contributed by atoms with van der Waals surface area (Å²) >= 11 is 0. The van der Waals surface area contributed by atoms with Gasteiger partial charge in [-0.3, -0.25) is 4.79 Å². The molecule has 2 aliphatic rings. The second-order valence-corrected chi connectivity index (χ2v) is 26.0. The lowest BCUT2D eigenvalue weighted by Gasteiger charge is -2.46. The van der Waals surface area contributed by atoms with Gasteiger partial charge in [0.1, 0.15) is 48.8 Å². The highest BCUT2D eigenvalue weighted by Crippen LogP contribution is 2.30. The Kier molecular flexibility index (Phi) is 55.3. The Hall–Kier alpha value is -2.31. The molecule has 0 radical (unpaired) electrons. The molecule has 0 spiro atoms. The van der Waals surface area contributed by atoms with Gasteiger partial charge in [-0.05, 0) is 57.8 Å². The molecule has 12 unspecified atom stereocenters. The minimum absolute atomic E-state index is 0.234. The molecule has 2 fully saturated rings. The number of rotatable bonds is 61. The third-order valence-electron chi connectivity index (χ3n) is 18.0. The zero-order valence-corrected chi connectivity index (χ0v) is 56.7. The summed E-state index contributed by atoms with van der Waals surface area (Å²) in [6.07, 6.45) is 63.0. The molecule has 0 aromatic heterocycles. The first-order chi connectivity index (χ1) is 43.6. The van der Waals surface area contributed by atoms with E-state index in [1.54, 1.807) is 6.08 Å². The minimum Gasteiger partial charge on any atom is -0.394 e. The van der Waals surface area contributed by atoms with Gasteiger partial charge >= 0.3 is 0 Å². The highest BCUT2D eigenvalue weighted by Gasteiger charge is 2.51. The van der Waals surface area contributed by atoms with E-state index in [9.17, 15) is 45.6 Å². The molecule has 0 aromatic rings. The first kappa shape index (κ1) is 82.8. The van der Waals surface area contributed by atoms with Gasteiger partial charge in [0.15, 0.2) is 12.6 Å². The molecule has 2 saturated heterocycles. The number of amides is 1. The summed E-state index contributed by atoms with van der Waals surface area (Å²) in [7, 11) is 0. The first-order valence-electron chi connectivity index (χ1n) is 37.0. The molecule has 520 valence electrons. The van der Waals surface area contributed by atoms with E-state index in [-0.39, 0.29) is 18.9 Å². The van der Waals surface area contributed by atoms with Crippen molar-refractivity contribution in [3.05, 3.63) is 60.8 Å². The standard InChI is InChI=1S/C75H137NO13/c1-3-5-7-9-11-13-15-17-19-21-22-23-24-25-26-27-28-29-30-31-32-33-34-35-36-37-38-39-40-41-42-43-45-47-49-51-53-55-57-59-67(80)76-63(64(79)58-56-54-52-50-48-46-44-20-18-16-14-12-10-8-6-4-2)62-86-74-72(85)70(83)73(66(61-78)88-74)89-75-71(84)69(82)68(81)65(60-77)87-75/h5,7,11,13,17,19,22-23,56,58,63-66,68-75,77-79,81-85H,3-4,6,8-10,12,14-16,18,20-21,24-55,57,59-62H2,1-2H3,(H,76,80)/b7-5-,13-11-,19-17-,23-22-,58-56+.